The van der Waals surface area contributed by atoms with Gasteiger partial charge in [-0.15, -0.1) is 11.3 Å². The number of nitrogens with one attached hydrogen (secondary N) is 1. The molecule has 0 aliphatic heterocycles. The van der Waals surface area contributed by atoms with E-state index in [2.05, 4.69) is 19.6 Å². The van der Waals surface area contributed by atoms with Crippen molar-refractivity contribution in [1.29, 1.82) is 0 Å². The summed E-state index contributed by atoms with van der Waals surface area (Å²) in [5, 5.41) is 4.23. The summed E-state index contributed by atoms with van der Waals surface area (Å²) >= 11 is 1.41. The van der Waals surface area contributed by atoms with Gasteiger partial charge in [0, 0.05) is 28.4 Å². The lowest BCUT2D eigenvalue weighted by molar-refractivity contribution is 0.0968. The van der Waals surface area contributed by atoms with Crippen LogP contribution in [0.3, 0.4) is 0 Å². The Morgan fingerprint density at radius 3 is 2.37 bits per heavy atom. The summed E-state index contributed by atoms with van der Waals surface area (Å²) in [5.74, 6) is -0.651. The molecule has 0 bridgehead atoms. The molecule has 1 N–H and O–H groups in total. The summed E-state index contributed by atoms with van der Waals surface area (Å²) in [4.78, 5) is 59.5. The van der Waals surface area contributed by atoms with E-state index in [-0.39, 0.29) is 18.9 Å². The molecule has 11 heteroatoms. The molecule has 4 heterocycles. The lowest BCUT2D eigenvalue weighted by Crippen LogP contribution is -2.41. The van der Waals surface area contributed by atoms with Gasteiger partial charge in [0.15, 0.2) is 11.6 Å². The van der Waals surface area contributed by atoms with Gasteiger partial charge in [-0.25, -0.2) is 9.59 Å². The maximum atomic E-state index is 13.7. The normalized spacial score (nSPS) is 11.2. The summed E-state index contributed by atoms with van der Waals surface area (Å²) in [7, 11) is 0. The maximum Gasteiger partial charge on any atom is 0.439 e. The number of nitrogens with zero attached hydrogens (tertiary/aromatic N) is 4. The Kier molecular flexibility index (Phi) is 6.86. The number of ketones is 1. The molecule has 0 unspecified atom stereocenters. The smallest absolute Gasteiger partial charge is 0.296 e. The van der Waals surface area contributed by atoms with Crippen molar-refractivity contribution in [3.05, 3.63) is 127 Å². The van der Waals surface area contributed by atoms with Crippen LogP contribution in [0.1, 0.15) is 27.7 Å². The van der Waals surface area contributed by atoms with Crippen LogP contribution in [0.15, 0.2) is 98.0 Å². The number of aryl methyl sites for hydroxylation is 1. The number of rotatable bonds is 8. The molecule has 0 fully saturated rings. The zero-order chi connectivity index (χ0) is 28.5. The topological polar surface area (TPSA) is 133 Å². The fraction of sp³-hybridized carbons (Fsp3) is 0.133. The Balaban J connectivity index is 1.38. The lowest BCUT2D eigenvalue weighted by Gasteiger charge is -2.13. The molecule has 2 aromatic carbocycles. The minimum atomic E-state index is -0.634. The lowest BCUT2D eigenvalue weighted by atomic mass is 9.98. The second-order valence-corrected chi connectivity index (χ2v) is 10.5. The van der Waals surface area contributed by atoms with Crippen molar-refractivity contribution >= 4 is 27.3 Å². The first-order chi connectivity index (χ1) is 19.9. The van der Waals surface area contributed by atoms with E-state index < -0.39 is 17.0 Å². The highest BCUT2D eigenvalue weighted by Gasteiger charge is 2.19. The Bertz CT molecular complexity index is 2070. The van der Waals surface area contributed by atoms with Gasteiger partial charge in [-0.3, -0.25) is 33.2 Å². The molecule has 0 spiro atoms. The highest BCUT2D eigenvalue weighted by Crippen LogP contribution is 2.30. The molecule has 204 valence electrons. The van der Waals surface area contributed by atoms with Gasteiger partial charge in [0.1, 0.15) is 4.83 Å². The Hall–Kier alpha value is -5.16. The third kappa shape index (κ3) is 4.98. The Labute approximate surface area is 236 Å². The van der Waals surface area contributed by atoms with Crippen LogP contribution in [-0.4, -0.2) is 30.0 Å². The summed E-state index contributed by atoms with van der Waals surface area (Å²) in [6, 6.07) is 20.1. The Morgan fingerprint density at radius 2 is 1.68 bits per heavy atom. The van der Waals surface area contributed by atoms with E-state index in [1.165, 1.54) is 23.7 Å². The van der Waals surface area contributed by atoms with Crippen LogP contribution in [0.5, 0.6) is 0 Å². The second kappa shape index (κ2) is 10.8. The summed E-state index contributed by atoms with van der Waals surface area (Å²) in [6.45, 7) is 1.83. The highest BCUT2D eigenvalue weighted by molar-refractivity contribution is 7.18. The number of carbonyl (C=O) groups is 1. The van der Waals surface area contributed by atoms with Crippen LogP contribution in [0.4, 0.5) is 0 Å². The van der Waals surface area contributed by atoms with Crippen LogP contribution < -0.4 is 17.0 Å². The van der Waals surface area contributed by atoms with E-state index in [9.17, 15) is 19.2 Å². The van der Waals surface area contributed by atoms with Crippen molar-refractivity contribution in [2.75, 3.05) is 0 Å². The monoisotopic (exact) mass is 565 g/mol. The summed E-state index contributed by atoms with van der Waals surface area (Å²) in [5.41, 5.74) is 2.63. The molecule has 0 radical (unpaired) electrons. The molecule has 6 rings (SSSR count). The number of Topliss-reactive ketones (excluding diaryl/α,β-unsaturated/α-hetero) is 1. The second-order valence-electron chi connectivity index (χ2n) is 9.39. The van der Waals surface area contributed by atoms with Gasteiger partial charge in [-0.2, -0.15) is 0 Å². The van der Waals surface area contributed by atoms with E-state index in [0.717, 1.165) is 26.1 Å². The molecule has 41 heavy (non-hydrogen) atoms. The number of hydrogen-bond acceptors (Lipinski definition) is 8. The SMILES string of the molecule is CCc1cc2c(=O)n(CC(=O)c3ccncc3)c(=O)n(Cc3ccc(-c4ccccc4-c4noc(=O)[nH]4)cc3)c2s1. The highest BCUT2D eigenvalue weighted by atomic mass is 32.1. The van der Waals surface area contributed by atoms with Crippen LogP contribution in [0.25, 0.3) is 32.7 Å². The third-order valence-corrected chi connectivity index (χ3v) is 8.13. The largest absolute Gasteiger partial charge is 0.439 e. The standard InChI is InChI=1S/C30H23N5O5S/c1-2-21-15-24-27(37)34(17-25(36)20-11-13-31-14-12-20)30(39)35(28(24)41-21)16-18-7-9-19(10-8-18)22-5-3-4-6-23(22)26-32-29(38)40-33-26/h3-15H,2,16-17H2,1H3,(H,32,33,38). The van der Waals surface area contributed by atoms with Gasteiger partial charge >= 0.3 is 11.4 Å². The van der Waals surface area contributed by atoms with E-state index >= 15 is 0 Å². The molecular weight excluding hydrogens is 542 g/mol. The predicted octanol–water partition coefficient (Wildman–Crippen LogP) is 4.12. The van der Waals surface area contributed by atoms with Gasteiger partial charge in [-0.1, -0.05) is 60.6 Å². The molecule has 4 aromatic heterocycles. The van der Waals surface area contributed by atoms with Gasteiger partial charge in [-0.05, 0) is 41.3 Å². The van der Waals surface area contributed by atoms with Gasteiger partial charge in [0.25, 0.3) is 5.56 Å². The van der Waals surface area contributed by atoms with Gasteiger partial charge < -0.3 is 0 Å². The number of aromatic amines is 1. The average Bonchev–Trinajstić information content (AvgIpc) is 3.65. The molecule has 0 atom stereocenters. The van der Waals surface area contributed by atoms with Crippen molar-refractivity contribution < 1.29 is 9.32 Å². The van der Waals surface area contributed by atoms with E-state index in [1.54, 1.807) is 22.8 Å². The number of benzene rings is 2. The first-order valence-electron chi connectivity index (χ1n) is 12.9. The number of carbonyl (C=O) groups excluding carboxylic acids is 1. The van der Waals surface area contributed by atoms with Crippen LogP contribution in [-0.2, 0) is 19.5 Å². The van der Waals surface area contributed by atoms with Crippen LogP contribution in [0, 0.1) is 0 Å². The number of hydrogen-bond donors (Lipinski definition) is 1. The van der Waals surface area contributed by atoms with Crippen molar-refractivity contribution in [3.63, 3.8) is 0 Å². The zero-order valence-electron chi connectivity index (χ0n) is 21.9. The number of pyridine rings is 1. The Morgan fingerprint density at radius 1 is 0.951 bits per heavy atom. The molecule has 0 saturated carbocycles. The molecule has 0 aliphatic carbocycles. The zero-order valence-corrected chi connectivity index (χ0v) is 22.7. The minimum Gasteiger partial charge on any atom is -0.296 e. The van der Waals surface area contributed by atoms with E-state index in [1.807, 2.05) is 55.5 Å². The van der Waals surface area contributed by atoms with Crippen molar-refractivity contribution in [1.82, 2.24) is 24.3 Å². The maximum absolute atomic E-state index is 13.7. The number of aromatic nitrogens is 5. The van der Waals surface area contributed by atoms with E-state index in [0.29, 0.717) is 33.6 Å². The summed E-state index contributed by atoms with van der Waals surface area (Å²) in [6.07, 6.45) is 3.71. The van der Waals surface area contributed by atoms with Crippen molar-refractivity contribution in [2.45, 2.75) is 26.4 Å². The molecule has 10 nitrogen and oxygen atoms in total. The number of thiophene rings is 1. The van der Waals surface area contributed by atoms with Gasteiger partial charge in [0.2, 0.25) is 0 Å². The summed E-state index contributed by atoms with van der Waals surface area (Å²) < 4.78 is 7.25. The van der Waals surface area contributed by atoms with Gasteiger partial charge in [0.05, 0.1) is 18.5 Å². The van der Waals surface area contributed by atoms with Crippen molar-refractivity contribution in [2.24, 2.45) is 0 Å². The predicted molar refractivity (Wildman–Crippen MR) is 155 cm³/mol. The molecule has 0 aliphatic rings. The van der Waals surface area contributed by atoms with Crippen LogP contribution >= 0.6 is 11.3 Å². The molecule has 0 saturated heterocycles. The first kappa shape index (κ1) is 26.1. The van der Waals surface area contributed by atoms with E-state index in [4.69, 9.17) is 0 Å². The van der Waals surface area contributed by atoms with Crippen molar-refractivity contribution in [3.8, 4) is 22.5 Å². The number of H-pyrrole nitrogens is 1. The molecule has 0 amide bonds. The van der Waals surface area contributed by atoms with Crippen LogP contribution in [0.2, 0.25) is 0 Å². The number of fused-ring (bicyclic) bond motifs is 1. The fourth-order valence-corrected chi connectivity index (χ4v) is 5.81. The third-order valence-electron chi connectivity index (χ3n) is 6.83. The first-order valence-corrected chi connectivity index (χ1v) is 13.7. The minimum absolute atomic E-state index is 0.210. The fourth-order valence-electron chi connectivity index (χ4n) is 4.74. The molecule has 6 aromatic rings. The quantitative estimate of drug-likeness (QED) is 0.275. The average molecular weight is 566 g/mol. The molecular formula is C30H23N5O5S.